The fraction of sp³-hybridized carbons (Fsp3) is 0.611. The van der Waals surface area contributed by atoms with Gasteiger partial charge in [-0.05, 0) is 18.9 Å². The molecule has 0 atom stereocenters. The van der Waals surface area contributed by atoms with Gasteiger partial charge in [0.15, 0.2) is 0 Å². The Morgan fingerprint density at radius 3 is 1.96 bits per heavy atom. The summed E-state index contributed by atoms with van der Waals surface area (Å²) >= 11 is 0. The molecule has 3 N–H and O–H groups in total. The second kappa shape index (κ2) is 16.1. The van der Waals surface area contributed by atoms with Gasteiger partial charge in [0, 0.05) is 0 Å². The van der Waals surface area contributed by atoms with Gasteiger partial charge in [-0.3, -0.25) is 0 Å². The third kappa shape index (κ3) is 11.7. The Morgan fingerprint density at radius 1 is 0.875 bits per heavy atom. The summed E-state index contributed by atoms with van der Waals surface area (Å²) in [6.07, 6.45) is 18.8. The van der Waals surface area contributed by atoms with Crippen LogP contribution in [-0.2, 0) is 14.6 Å². The van der Waals surface area contributed by atoms with Gasteiger partial charge < -0.3 is 14.9 Å². The molecule has 138 valence electrons. The smallest absolute Gasteiger partial charge is 0.379 e. The summed E-state index contributed by atoms with van der Waals surface area (Å²) in [6, 6.07) is 0. The number of carboxylic acids is 1. The Morgan fingerprint density at radius 2 is 1.46 bits per heavy atom. The topological polar surface area (TPSA) is 96.2 Å². The van der Waals surface area contributed by atoms with Crippen LogP contribution in [0.15, 0.2) is 35.8 Å². The molecule has 24 heavy (non-hydrogen) atoms. The van der Waals surface area contributed by atoms with E-state index in [1.807, 2.05) is 6.08 Å². The van der Waals surface area contributed by atoms with Crippen molar-refractivity contribution in [2.24, 2.45) is 0 Å². The third-order valence-corrected chi connectivity index (χ3v) is 3.58. The van der Waals surface area contributed by atoms with Crippen LogP contribution in [0.25, 0.3) is 0 Å². The molecular weight excluding hydrogens is 312 g/mol. The molecule has 0 saturated carbocycles. The van der Waals surface area contributed by atoms with Crippen molar-refractivity contribution in [2.45, 2.75) is 71.1 Å². The van der Waals surface area contributed by atoms with Crippen LogP contribution >= 0.6 is 0 Å². The molecule has 0 radical (unpaired) electrons. The lowest BCUT2D eigenvalue weighted by atomic mass is 10.1. The molecule has 0 aliphatic heterocycles. The van der Waals surface area contributed by atoms with Gasteiger partial charge in [0.25, 0.3) is 5.76 Å². The standard InChI is InChI=1S/C18H30O6/c1-2-3-4-5-6-7-8-9-10-11-12-13-14-15-16(23-21)17(24-22)18(19)20/h12-15,21-22H,2-11H2,1H3,(H,19,20). The van der Waals surface area contributed by atoms with Gasteiger partial charge >= 0.3 is 5.97 Å². The van der Waals surface area contributed by atoms with Crippen molar-refractivity contribution in [3.05, 3.63) is 35.8 Å². The maximum absolute atomic E-state index is 10.7. The fourth-order valence-corrected chi connectivity index (χ4v) is 2.23. The summed E-state index contributed by atoms with van der Waals surface area (Å²) in [7, 11) is 0. The molecule has 0 spiro atoms. The highest BCUT2D eigenvalue weighted by Crippen LogP contribution is 2.11. The van der Waals surface area contributed by atoms with E-state index in [2.05, 4.69) is 16.7 Å². The summed E-state index contributed by atoms with van der Waals surface area (Å²) in [5.41, 5.74) is 0. The van der Waals surface area contributed by atoms with Crippen LogP contribution in [0.5, 0.6) is 0 Å². The average Bonchev–Trinajstić information content (AvgIpc) is 2.57. The van der Waals surface area contributed by atoms with Gasteiger partial charge in [-0.25, -0.2) is 15.3 Å². The quantitative estimate of drug-likeness (QED) is 0.0933. The summed E-state index contributed by atoms with van der Waals surface area (Å²) in [5, 5.41) is 25.7. The summed E-state index contributed by atoms with van der Waals surface area (Å²) < 4.78 is 0. The second-order valence-corrected chi connectivity index (χ2v) is 5.59. The van der Waals surface area contributed by atoms with Crippen molar-refractivity contribution in [3.63, 3.8) is 0 Å². The predicted molar refractivity (Wildman–Crippen MR) is 92.2 cm³/mol. The number of hydrogen-bond donors (Lipinski definition) is 3. The molecule has 0 fully saturated rings. The average molecular weight is 342 g/mol. The molecule has 0 aromatic carbocycles. The Hall–Kier alpha value is -1.79. The van der Waals surface area contributed by atoms with E-state index in [1.54, 1.807) is 6.08 Å². The van der Waals surface area contributed by atoms with Crippen LogP contribution in [-0.4, -0.2) is 21.6 Å². The van der Waals surface area contributed by atoms with Crippen molar-refractivity contribution in [1.82, 2.24) is 0 Å². The highest BCUT2D eigenvalue weighted by molar-refractivity contribution is 5.85. The van der Waals surface area contributed by atoms with Crippen LogP contribution in [0, 0.1) is 0 Å². The zero-order valence-corrected chi connectivity index (χ0v) is 14.4. The van der Waals surface area contributed by atoms with Gasteiger partial charge in [-0.2, -0.15) is 0 Å². The molecule has 0 aromatic rings. The van der Waals surface area contributed by atoms with Crippen molar-refractivity contribution >= 4 is 5.97 Å². The van der Waals surface area contributed by atoms with Gasteiger partial charge in [0.2, 0.25) is 5.76 Å². The molecule has 0 rings (SSSR count). The fourth-order valence-electron chi connectivity index (χ4n) is 2.23. The number of carbonyl (C=O) groups is 1. The van der Waals surface area contributed by atoms with Gasteiger partial charge in [-0.1, -0.05) is 76.5 Å². The summed E-state index contributed by atoms with van der Waals surface area (Å²) in [6.45, 7) is 2.22. The Bertz CT molecular complexity index is 412. The van der Waals surface area contributed by atoms with E-state index in [0.717, 1.165) is 12.8 Å². The van der Waals surface area contributed by atoms with Crippen molar-refractivity contribution < 1.29 is 30.2 Å². The van der Waals surface area contributed by atoms with Crippen LogP contribution in [0.2, 0.25) is 0 Å². The van der Waals surface area contributed by atoms with E-state index < -0.39 is 17.5 Å². The van der Waals surface area contributed by atoms with E-state index >= 15 is 0 Å². The number of carboxylic acid groups (broad SMARTS) is 1. The molecule has 0 bridgehead atoms. The number of aliphatic carboxylic acids is 1. The predicted octanol–water partition coefficient (Wildman–Crippen LogP) is 5.30. The lowest BCUT2D eigenvalue weighted by Crippen LogP contribution is -2.07. The molecule has 6 nitrogen and oxygen atoms in total. The molecule has 0 aliphatic rings. The molecule has 0 unspecified atom stereocenters. The van der Waals surface area contributed by atoms with Crippen LogP contribution in [0.1, 0.15) is 71.1 Å². The SMILES string of the molecule is CCCCCCCCCCCC=CC=CC(OO)=C(OO)C(=O)O. The minimum Gasteiger partial charge on any atom is -0.475 e. The van der Waals surface area contributed by atoms with E-state index in [9.17, 15) is 4.79 Å². The molecule has 0 heterocycles. The molecule has 0 aliphatic carbocycles. The van der Waals surface area contributed by atoms with Crippen molar-refractivity contribution in [3.8, 4) is 0 Å². The maximum atomic E-state index is 10.7. The first kappa shape index (κ1) is 22.2. The van der Waals surface area contributed by atoms with E-state index in [0.29, 0.717) is 0 Å². The van der Waals surface area contributed by atoms with Crippen LogP contribution in [0.3, 0.4) is 0 Å². The summed E-state index contributed by atoms with van der Waals surface area (Å²) in [5.74, 6) is -2.93. The molecule has 6 heteroatoms. The Kier molecular flexibility index (Phi) is 14.9. The molecule has 0 saturated heterocycles. The second-order valence-electron chi connectivity index (χ2n) is 5.59. The van der Waals surface area contributed by atoms with Crippen LogP contribution < -0.4 is 0 Å². The first-order chi connectivity index (χ1) is 11.7. The van der Waals surface area contributed by atoms with E-state index in [4.69, 9.17) is 15.6 Å². The number of unbranched alkanes of at least 4 members (excludes halogenated alkanes) is 9. The van der Waals surface area contributed by atoms with Gasteiger partial charge in [0.1, 0.15) is 0 Å². The molecular formula is C18H30O6. The number of allylic oxidation sites excluding steroid dienone is 4. The number of rotatable bonds is 15. The highest BCUT2D eigenvalue weighted by atomic mass is 17.1. The van der Waals surface area contributed by atoms with Crippen molar-refractivity contribution in [2.75, 3.05) is 0 Å². The lowest BCUT2D eigenvalue weighted by Gasteiger charge is -2.01. The largest absolute Gasteiger partial charge is 0.475 e. The van der Waals surface area contributed by atoms with E-state index in [1.165, 1.54) is 63.5 Å². The molecule has 0 amide bonds. The van der Waals surface area contributed by atoms with Crippen molar-refractivity contribution in [1.29, 1.82) is 0 Å². The first-order valence-electron chi connectivity index (χ1n) is 8.61. The van der Waals surface area contributed by atoms with E-state index in [-0.39, 0.29) is 0 Å². The normalized spacial score (nSPS) is 12.6. The van der Waals surface area contributed by atoms with Gasteiger partial charge in [-0.15, -0.1) is 0 Å². The zero-order valence-electron chi connectivity index (χ0n) is 14.4. The van der Waals surface area contributed by atoms with Crippen LogP contribution in [0.4, 0.5) is 0 Å². The highest BCUT2D eigenvalue weighted by Gasteiger charge is 2.16. The zero-order chi connectivity index (χ0) is 18.0. The maximum Gasteiger partial charge on any atom is 0.379 e. The summed E-state index contributed by atoms with van der Waals surface area (Å²) in [4.78, 5) is 18.2. The molecule has 0 aromatic heterocycles. The number of hydrogen-bond acceptors (Lipinski definition) is 5. The van der Waals surface area contributed by atoms with Gasteiger partial charge in [0.05, 0.1) is 0 Å². The minimum atomic E-state index is -1.55. The Balaban J connectivity index is 3.83. The third-order valence-electron chi connectivity index (χ3n) is 3.58. The Labute approximate surface area is 144 Å². The monoisotopic (exact) mass is 342 g/mol. The lowest BCUT2D eigenvalue weighted by molar-refractivity contribution is -0.234. The minimum absolute atomic E-state index is 0.488. The first-order valence-corrected chi connectivity index (χ1v) is 8.61.